The lowest BCUT2D eigenvalue weighted by atomic mass is 10.2. The van der Waals surface area contributed by atoms with Crippen molar-refractivity contribution in [2.45, 2.75) is 39.3 Å². The van der Waals surface area contributed by atoms with Gasteiger partial charge < -0.3 is 10.1 Å². The maximum absolute atomic E-state index is 13.3. The Labute approximate surface area is 112 Å². The molecular formula is C14H19F2NO2. The summed E-state index contributed by atoms with van der Waals surface area (Å²) in [6.07, 6.45) is 0.874. The van der Waals surface area contributed by atoms with Crippen LogP contribution >= 0.6 is 0 Å². The first-order valence-electron chi connectivity index (χ1n) is 6.37. The zero-order valence-electron chi connectivity index (χ0n) is 11.2. The van der Waals surface area contributed by atoms with E-state index >= 15 is 0 Å². The van der Waals surface area contributed by atoms with Gasteiger partial charge in [-0.3, -0.25) is 4.79 Å². The molecule has 0 fully saturated rings. The third kappa shape index (κ3) is 5.79. The molecule has 0 aliphatic carbocycles. The molecule has 0 amide bonds. The fraction of sp³-hybridized carbons (Fsp3) is 0.500. The topological polar surface area (TPSA) is 38.3 Å². The van der Waals surface area contributed by atoms with E-state index in [0.717, 1.165) is 12.5 Å². The van der Waals surface area contributed by atoms with E-state index in [-0.39, 0.29) is 18.6 Å². The molecule has 0 aromatic heterocycles. The lowest BCUT2D eigenvalue weighted by Crippen LogP contribution is -2.28. The Morgan fingerprint density at radius 2 is 2.16 bits per heavy atom. The van der Waals surface area contributed by atoms with Gasteiger partial charge in [0.15, 0.2) is 0 Å². The number of nitrogens with one attached hydrogen (secondary N) is 1. The Balaban J connectivity index is 2.31. The SMILES string of the molecule is CCCC(=O)OC(C)CNCc1ccc(F)cc1F. The van der Waals surface area contributed by atoms with Crippen molar-refractivity contribution in [2.24, 2.45) is 0 Å². The molecule has 3 nitrogen and oxygen atoms in total. The van der Waals surface area contributed by atoms with Crippen molar-refractivity contribution in [2.75, 3.05) is 6.54 Å². The van der Waals surface area contributed by atoms with E-state index in [4.69, 9.17) is 4.74 Å². The highest BCUT2D eigenvalue weighted by molar-refractivity contribution is 5.69. The van der Waals surface area contributed by atoms with Gasteiger partial charge in [0.25, 0.3) is 0 Å². The van der Waals surface area contributed by atoms with Gasteiger partial charge >= 0.3 is 5.97 Å². The van der Waals surface area contributed by atoms with Gasteiger partial charge in [-0.2, -0.15) is 0 Å². The van der Waals surface area contributed by atoms with Gasteiger partial charge in [0.2, 0.25) is 0 Å². The highest BCUT2D eigenvalue weighted by Crippen LogP contribution is 2.09. The molecule has 0 saturated carbocycles. The van der Waals surface area contributed by atoms with Gasteiger partial charge in [-0.15, -0.1) is 0 Å². The number of halogens is 2. The Morgan fingerprint density at radius 3 is 2.79 bits per heavy atom. The van der Waals surface area contributed by atoms with Crippen LogP contribution in [0.2, 0.25) is 0 Å². The summed E-state index contributed by atoms with van der Waals surface area (Å²) in [4.78, 5) is 11.2. The second-order valence-corrected chi connectivity index (χ2v) is 4.42. The van der Waals surface area contributed by atoms with Crippen LogP contribution in [0.1, 0.15) is 32.3 Å². The van der Waals surface area contributed by atoms with Crippen LogP contribution in [0.25, 0.3) is 0 Å². The van der Waals surface area contributed by atoms with Gasteiger partial charge in [-0.1, -0.05) is 13.0 Å². The van der Waals surface area contributed by atoms with Crippen molar-refractivity contribution in [3.05, 3.63) is 35.4 Å². The van der Waals surface area contributed by atoms with Crippen molar-refractivity contribution in [1.82, 2.24) is 5.32 Å². The predicted octanol–water partition coefficient (Wildman–Crippen LogP) is 2.79. The maximum atomic E-state index is 13.3. The number of hydrogen-bond donors (Lipinski definition) is 1. The first-order chi connectivity index (χ1) is 9.02. The number of esters is 1. The molecule has 0 heterocycles. The Kier molecular flexibility index (Phi) is 6.42. The van der Waals surface area contributed by atoms with Crippen LogP contribution in [0.3, 0.4) is 0 Å². The monoisotopic (exact) mass is 271 g/mol. The van der Waals surface area contributed by atoms with E-state index in [0.29, 0.717) is 18.5 Å². The Bertz CT molecular complexity index is 424. The van der Waals surface area contributed by atoms with Gasteiger partial charge in [-0.25, -0.2) is 8.78 Å². The summed E-state index contributed by atoms with van der Waals surface area (Å²) in [5.74, 6) is -1.41. The Hall–Kier alpha value is -1.49. The third-order valence-electron chi connectivity index (χ3n) is 2.55. The Morgan fingerprint density at radius 1 is 1.42 bits per heavy atom. The van der Waals surface area contributed by atoms with E-state index in [1.54, 1.807) is 6.92 Å². The van der Waals surface area contributed by atoms with Crippen LogP contribution in [0.4, 0.5) is 8.78 Å². The second kappa shape index (κ2) is 7.84. The summed E-state index contributed by atoms with van der Waals surface area (Å²) in [6.45, 7) is 4.36. The lowest BCUT2D eigenvalue weighted by Gasteiger charge is -2.14. The van der Waals surface area contributed by atoms with Crippen LogP contribution in [0.5, 0.6) is 0 Å². The third-order valence-corrected chi connectivity index (χ3v) is 2.55. The molecule has 0 aliphatic heterocycles. The predicted molar refractivity (Wildman–Crippen MR) is 68.5 cm³/mol. The summed E-state index contributed by atoms with van der Waals surface area (Å²) in [7, 11) is 0. The number of ether oxygens (including phenoxy) is 1. The first kappa shape index (κ1) is 15.6. The molecule has 0 saturated heterocycles. The van der Waals surface area contributed by atoms with Crippen LogP contribution in [-0.4, -0.2) is 18.6 Å². The van der Waals surface area contributed by atoms with Crippen molar-refractivity contribution in [1.29, 1.82) is 0 Å². The molecule has 0 bridgehead atoms. The summed E-state index contributed by atoms with van der Waals surface area (Å²) >= 11 is 0. The summed E-state index contributed by atoms with van der Waals surface area (Å²) in [5.41, 5.74) is 0.383. The highest BCUT2D eigenvalue weighted by Gasteiger charge is 2.09. The van der Waals surface area contributed by atoms with Crippen molar-refractivity contribution >= 4 is 5.97 Å². The molecule has 1 aromatic carbocycles. The van der Waals surface area contributed by atoms with E-state index in [1.807, 2.05) is 6.92 Å². The molecule has 5 heteroatoms. The molecule has 1 atom stereocenters. The van der Waals surface area contributed by atoms with E-state index < -0.39 is 11.6 Å². The average molecular weight is 271 g/mol. The van der Waals surface area contributed by atoms with Crippen molar-refractivity contribution in [3.63, 3.8) is 0 Å². The van der Waals surface area contributed by atoms with Crippen molar-refractivity contribution in [3.8, 4) is 0 Å². The molecule has 1 rings (SSSR count). The minimum atomic E-state index is -0.594. The minimum absolute atomic E-state index is 0.232. The quantitative estimate of drug-likeness (QED) is 0.775. The zero-order chi connectivity index (χ0) is 14.3. The number of benzene rings is 1. The smallest absolute Gasteiger partial charge is 0.306 e. The second-order valence-electron chi connectivity index (χ2n) is 4.42. The largest absolute Gasteiger partial charge is 0.461 e. The fourth-order valence-electron chi connectivity index (χ4n) is 1.60. The molecule has 0 radical (unpaired) electrons. The zero-order valence-corrected chi connectivity index (χ0v) is 11.2. The highest BCUT2D eigenvalue weighted by atomic mass is 19.1. The lowest BCUT2D eigenvalue weighted by molar-refractivity contribution is -0.148. The molecule has 1 N–H and O–H groups in total. The maximum Gasteiger partial charge on any atom is 0.306 e. The number of hydrogen-bond acceptors (Lipinski definition) is 3. The normalized spacial score (nSPS) is 12.2. The van der Waals surface area contributed by atoms with Gasteiger partial charge in [-0.05, 0) is 19.4 Å². The summed E-state index contributed by atoms with van der Waals surface area (Å²) in [5, 5.41) is 2.97. The number of carbonyl (C=O) groups excluding carboxylic acids is 1. The molecule has 0 spiro atoms. The van der Waals surface area contributed by atoms with E-state index in [2.05, 4.69) is 5.32 Å². The van der Waals surface area contributed by atoms with Crippen molar-refractivity contribution < 1.29 is 18.3 Å². The van der Waals surface area contributed by atoms with E-state index in [9.17, 15) is 13.6 Å². The number of rotatable bonds is 7. The van der Waals surface area contributed by atoms with Crippen LogP contribution < -0.4 is 5.32 Å². The summed E-state index contributed by atoms with van der Waals surface area (Å²) < 4.78 is 31.1. The van der Waals surface area contributed by atoms with Crippen LogP contribution in [0.15, 0.2) is 18.2 Å². The van der Waals surface area contributed by atoms with Gasteiger partial charge in [0.05, 0.1) is 0 Å². The van der Waals surface area contributed by atoms with Crippen LogP contribution in [0, 0.1) is 11.6 Å². The molecule has 19 heavy (non-hydrogen) atoms. The first-order valence-corrected chi connectivity index (χ1v) is 6.37. The molecule has 0 aliphatic rings. The minimum Gasteiger partial charge on any atom is -0.461 e. The standard InChI is InChI=1S/C14H19F2NO2/c1-3-4-14(18)19-10(2)8-17-9-11-5-6-12(15)7-13(11)16/h5-7,10,17H,3-4,8-9H2,1-2H3. The molecule has 1 unspecified atom stereocenters. The van der Waals surface area contributed by atoms with E-state index in [1.165, 1.54) is 12.1 Å². The molecule has 106 valence electrons. The number of carbonyl (C=O) groups is 1. The van der Waals surface area contributed by atoms with Gasteiger partial charge in [0.1, 0.15) is 17.7 Å². The van der Waals surface area contributed by atoms with Crippen LogP contribution in [-0.2, 0) is 16.1 Å². The average Bonchev–Trinajstić information content (AvgIpc) is 2.32. The summed E-state index contributed by atoms with van der Waals surface area (Å²) in [6, 6.07) is 3.46. The molecule has 1 aromatic rings. The fourth-order valence-corrected chi connectivity index (χ4v) is 1.60. The molecular weight excluding hydrogens is 252 g/mol. The van der Waals surface area contributed by atoms with Gasteiger partial charge in [0, 0.05) is 31.1 Å².